The van der Waals surface area contributed by atoms with Gasteiger partial charge in [-0.3, -0.25) is 25.2 Å². The lowest BCUT2D eigenvalue weighted by Gasteiger charge is -2.13. The van der Waals surface area contributed by atoms with E-state index in [0.717, 1.165) is 0 Å². The van der Waals surface area contributed by atoms with Gasteiger partial charge in [0.2, 0.25) is 0 Å². The molecule has 0 aliphatic carbocycles. The molecule has 3 amide bonds. The number of carbonyl (C=O) groups is 4. The van der Waals surface area contributed by atoms with Crippen molar-refractivity contribution in [3.63, 3.8) is 0 Å². The number of benzene rings is 2. The zero-order chi connectivity index (χ0) is 19.6. The van der Waals surface area contributed by atoms with Gasteiger partial charge in [-0.2, -0.15) is 0 Å². The lowest BCUT2D eigenvalue weighted by molar-refractivity contribution is -0.150. The highest BCUT2D eigenvalue weighted by Gasteiger charge is 2.19. The van der Waals surface area contributed by atoms with E-state index < -0.39 is 36.3 Å². The van der Waals surface area contributed by atoms with Gasteiger partial charge in [-0.05, 0) is 31.2 Å². The minimum absolute atomic E-state index is 0.368. The number of ether oxygens (including phenoxy) is 1. The third-order valence-corrected chi connectivity index (χ3v) is 3.43. The molecule has 0 radical (unpaired) electrons. The second-order valence-electron chi connectivity index (χ2n) is 5.54. The molecule has 0 saturated carbocycles. The summed E-state index contributed by atoms with van der Waals surface area (Å²) in [6.07, 6.45) is 0. The van der Waals surface area contributed by atoms with E-state index in [9.17, 15) is 19.2 Å². The first-order chi connectivity index (χ1) is 13.0. The van der Waals surface area contributed by atoms with E-state index in [1.54, 1.807) is 60.7 Å². The Balaban J connectivity index is 1.71. The van der Waals surface area contributed by atoms with Crippen LogP contribution in [0, 0.1) is 0 Å². The van der Waals surface area contributed by atoms with Crippen LogP contribution in [0.4, 0.5) is 0 Å². The Morgan fingerprint density at radius 2 is 1.33 bits per heavy atom. The maximum Gasteiger partial charge on any atom is 0.328 e. The van der Waals surface area contributed by atoms with E-state index in [0.29, 0.717) is 11.1 Å². The molecule has 0 aromatic heterocycles. The van der Waals surface area contributed by atoms with Crippen molar-refractivity contribution in [2.75, 3.05) is 6.61 Å². The minimum Gasteiger partial charge on any atom is -0.454 e. The topological polar surface area (TPSA) is 114 Å². The number of nitrogens with one attached hydrogen (secondary N) is 3. The summed E-state index contributed by atoms with van der Waals surface area (Å²) in [5.74, 6) is -2.42. The summed E-state index contributed by atoms with van der Waals surface area (Å²) in [4.78, 5) is 47.3. The molecule has 0 unspecified atom stereocenters. The summed E-state index contributed by atoms with van der Waals surface area (Å²) in [5, 5.41) is 2.48. The van der Waals surface area contributed by atoms with Gasteiger partial charge < -0.3 is 10.1 Å². The second kappa shape index (κ2) is 9.71. The predicted octanol–water partition coefficient (Wildman–Crippen LogP) is 0.809. The Kier molecular flexibility index (Phi) is 7.07. The van der Waals surface area contributed by atoms with Crippen molar-refractivity contribution < 1.29 is 23.9 Å². The monoisotopic (exact) mass is 369 g/mol. The molecule has 0 fully saturated rings. The van der Waals surface area contributed by atoms with Gasteiger partial charge in [0.05, 0.1) is 0 Å². The van der Waals surface area contributed by atoms with Crippen LogP contribution in [0.1, 0.15) is 27.6 Å². The molecule has 1 atom stereocenters. The molecule has 0 heterocycles. The maximum atomic E-state index is 12.0. The maximum absolute atomic E-state index is 12.0. The van der Waals surface area contributed by atoms with Gasteiger partial charge >= 0.3 is 5.97 Å². The van der Waals surface area contributed by atoms with Crippen LogP contribution < -0.4 is 16.2 Å². The molecule has 3 N–H and O–H groups in total. The molecule has 8 nitrogen and oxygen atoms in total. The first kappa shape index (κ1) is 19.6. The minimum atomic E-state index is -0.940. The van der Waals surface area contributed by atoms with Crippen molar-refractivity contribution in [2.45, 2.75) is 13.0 Å². The highest BCUT2D eigenvalue weighted by molar-refractivity contribution is 5.97. The molecule has 2 rings (SSSR count). The van der Waals surface area contributed by atoms with Gasteiger partial charge in [0, 0.05) is 11.1 Å². The van der Waals surface area contributed by atoms with Crippen LogP contribution in [-0.4, -0.2) is 36.3 Å². The highest BCUT2D eigenvalue weighted by atomic mass is 16.5. The SMILES string of the molecule is C[C@H](NC(=O)c1ccccc1)C(=O)OCC(=O)NNC(=O)c1ccccc1. The van der Waals surface area contributed by atoms with Crippen molar-refractivity contribution >= 4 is 23.7 Å². The first-order valence-corrected chi connectivity index (χ1v) is 8.14. The van der Waals surface area contributed by atoms with Crippen molar-refractivity contribution in [3.05, 3.63) is 71.8 Å². The summed E-state index contributed by atoms with van der Waals surface area (Å²) >= 11 is 0. The number of hydrogen-bond acceptors (Lipinski definition) is 5. The predicted molar refractivity (Wildman–Crippen MR) is 96.4 cm³/mol. The van der Waals surface area contributed by atoms with Gasteiger partial charge in [-0.25, -0.2) is 4.79 Å². The fourth-order valence-electron chi connectivity index (χ4n) is 2.01. The summed E-state index contributed by atoms with van der Waals surface area (Å²) < 4.78 is 4.82. The second-order valence-corrected chi connectivity index (χ2v) is 5.54. The Morgan fingerprint density at radius 1 is 0.815 bits per heavy atom. The number of rotatable bonds is 6. The molecule has 0 aliphatic heterocycles. The van der Waals surface area contributed by atoms with E-state index in [4.69, 9.17) is 4.74 Å². The standard InChI is InChI=1S/C19H19N3O5/c1-13(20-17(24)14-8-4-2-5-9-14)19(26)27-12-16(23)21-22-18(25)15-10-6-3-7-11-15/h2-11,13H,12H2,1H3,(H,20,24)(H,21,23)(H,22,25)/t13-/m0/s1. The molecule has 2 aromatic carbocycles. The van der Waals surface area contributed by atoms with Crippen molar-refractivity contribution in [1.29, 1.82) is 0 Å². The molecule has 0 bridgehead atoms. The van der Waals surface area contributed by atoms with Crippen LogP contribution in [0.25, 0.3) is 0 Å². The normalized spacial score (nSPS) is 11.0. The van der Waals surface area contributed by atoms with Gasteiger partial charge in [-0.15, -0.1) is 0 Å². The van der Waals surface area contributed by atoms with Gasteiger partial charge in [0.1, 0.15) is 6.04 Å². The lowest BCUT2D eigenvalue weighted by Crippen LogP contribution is -2.45. The summed E-state index contributed by atoms with van der Waals surface area (Å²) in [7, 11) is 0. The van der Waals surface area contributed by atoms with Crippen molar-refractivity contribution in [1.82, 2.24) is 16.2 Å². The van der Waals surface area contributed by atoms with E-state index in [2.05, 4.69) is 16.2 Å². The molecule has 140 valence electrons. The number of amides is 3. The fraction of sp³-hybridized carbons (Fsp3) is 0.158. The number of esters is 1. The van der Waals surface area contributed by atoms with Crippen LogP contribution in [0.5, 0.6) is 0 Å². The molecule has 0 saturated heterocycles. The molecule has 2 aromatic rings. The van der Waals surface area contributed by atoms with Crippen LogP contribution in [0.3, 0.4) is 0 Å². The van der Waals surface area contributed by atoms with Crippen LogP contribution in [0.15, 0.2) is 60.7 Å². The Hall–Kier alpha value is -3.68. The average molecular weight is 369 g/mol. The third kappa shape index (κ3) is 6.28. The van der Waals surface area contributed by atoms with Crippen molar-refractivity contribution in [2.24, 2.45) is 0 Å². The quantitative estimate of drug-likeness (QED) is 0.515. The van der Waals surface area contributed by atoms with Gasteiger partial charge in [0.25, 0.3) is 17.7 Å². The third-order valence-electron chi connectivity index (χ3n) is 3.43. The largest absolute Gasteiger partial charge is 0.454 e. The molecular weight excluding hydrogens is 350 g/mol. The average Bonchev–Trinajstić information content (AvgIpc) is 2.71. The summed E-state index contributed by atoms with van der Waals surface area (Å²) in [6, 6.07) is 15.7. The summed E-state index contributed by atoms with van der Waals surface area (Å²) in [6.45, 7) is 0.845. The zero-order valence-electron chi connectivity index (χ0n) is 14.6. The van der Waals surface area contributed by atoms with E-state index in [-0.39, 0.29) is 0 Å². The van der Waals surface area contributed by atoms with Crippen molar-refractivity contribution in [3.8, 4) is 0 Å². The molecule has 0 spiro atoms. The van der Waals surface area contributed by atoms with Crippen LogP contribution in [-0.2, 0) is 14.3 Å². The lowest BCUT2D eigenvalue weighted by atomic mass is 10.2. The van der Waals surface area contributed by atoms with Gasteiger partial charge in [-0.1, -0.05) is 36.4 Å². The van der Waals surface area contributed by atoms with Crippen LogP contribution in [0.2, 0.25) is 0 Å². The smallest absolute Gasteiger partial charge is 0.328 e. The first-order valence-electron chi connectivity index (χ1n) is 8.14. The Morgan fingerprint density at radius 3 is 1.89 bits per heavy atom. The zero-order valence-corrected chi connectivity index (χ0v) is 14.6. The Labute approximate surface area is 155 Å². The number of hydrazine groups is 1. The van der Waals surface area contributed by atoms with E-state index in [1.807, 2.05) is 0 Å². The van der Waals surface area contributed by atoms with E-state index in [1.165, 1.54) is 6.92 Å². The van der Waals surface area contributed by atoms with Gasteiger partial charge in [0.15, 0.2) is 6.61 Å². The summed E-state index contributed by atoms with van der Waals surface area (Å²) in [5.41, 5.74) is 5.11. The molecule has 27 heavy (non-hydrogen) atoms. The molecular formula is C19H19N3O5. The van der Waals surface area contributed by atoms with E-state index >= 15 is 0 Å². The Bertz CT molecular complexity index is 809. The molecule has 0 aliphatic rings. The number of hydrogen-bond donors (Lipinski definition) is 3. The highest BCUT2D eigenvalue weighted by Crippen LogP contribution is 2.00. The molecule has 8 heteroatoms. The van der Waals surface area contributed by atoms with Crippen LogP contribution >= 0.6 is 0 Å². The fourth-order valence-corrected chi connectivity index (χ4v) is 2.01. The number of carbonyl (C=O) groups excluding carboxylic acids is 4.